The Labute approximate surface area is 101 Å². The van der Waals surface area contributed by atoms with Crippen LogP contribution in [0.25, 0.3) is 11.0 Å². The van der Waals surface area contributed by atoms with Gasteiger partial charge in [0.05, 0.1) is 17.4 Å². The second kappa shape index (κ2) is 5.92. The van der Waals surface area contributed by atoms with Crippen molar-refractivity contribution in [2.45, 2.75) is 12.8 Å². The molecule has 0 fully saturated rings. The zero-order valence-corrected chi connectivity index (χ0v) is 10.1. The van der Waals surface area contributed by atoms with Crippen LogP contribution < -0.4 is 5.32 Å². The minimum absolute atomic E-state index is 0.951. The zero-order chi connectivity index (χ0) is 11.2. The Bertz CT molecular complexity index is 439. The molecule has 2 aromatic rings. The van der Waals surface area contributed by atoms with Crippen LogP contribution in [0.15, 0.2) is 24.5 Å². The third-order valence-electron chi connectivity index (χ3n) is 2.59. The van der Waals surface area contributed by atoms with Gasteiger partial charge in [0.25, 0.3) is 0 Å². The van der Waals surface area contributed by atoms with Crippen molar-refractivity contribution in [3.8, 4) is 0 Å². The lowest BCUT2D eigenvalue weighted by Crippen LogP contribution is -2.18. The van der Waals surface area contributed by atoms with Crippen molar-refractivity contribution in [3.63, 3.8) is 0 Å². The van der Waals surface area contributed by atoms with Gasteiger partial charge in [-0.15, -0.1) is 0 Å². The van der Waals surface area contributed by atoms with Crippen LogP contribution in [0.2, 0.25) is 0 Å². The number of hydrogen-bond acceptors (Lipinski definition) is 3. The summed E-state index contributed by atoms with van der Waals surface area (Å²) >= 11 is 4.17. The van der Waals surface area contributed by atoms with Crippen molar-refractivity contribution < 1.29 is 0 Å². The molecule has 0 aliphatic rings. The first-order valence-electron chi connectivity index (χ1n) is 5.64. The molecule has 4 heteroatoms. The minimum atomic E-state index is 0.951. The molecular weight excluding hydrogens is 218 g/mol. The largest absolute Gasteiger partial charge is 0.345 e. The fraction of sp³-hybridized carbons (Fsp3) is 0.417. The van der Waals surface area contributed by atoms with Gasteiger partial charge < -0.3 is 10.3 Å². The zero-order valence-electron chi connectivity index (χ0n) is 9.24. The van der Waals surface area contributed by atoms with E-state index in [0.717, 1.165) is 42.7 Å². The van der Waals surface area contributed by atoms with Crippen LogP contribution in [0.1, 0.15) is 12.0 Å². The van der Waals surface area contributed by atoms with Gasteiger partial charge in [-0.2, -0.15) is 12.6 Å². The summed E-state index contributed by atoms with van der Waals surface area (Å²) in [6.45, 7) is 2.07. The predicted octanol–water partition coefficient (Wildman–Crippen LogP) is 2.01. The molecule has 2 rings (SSSR count). The second-order valence-corrected chi connectivity index (χ2v) is 4.28. The number of imidazole rings is 1. The van der Waals surface area contributed by atoms with E-state index in [1.807, 2.05) is 0 Å². The fourth-order valence-electron chi connectivity index (χ4n) is 1.70. The SMILES string of the molecule is SCCCNCCc1ccc2nc[nH]c2c1. The van der Waals surface area contributed by atoms with Gasteiger partial charge in [0.2, 0.25) is 0 Å². The molecule has 0 bridgehead atoms. The highest BCUT2D eigenvalue weighted by Crippen LogP contribution is 2.11. The molecule has 0 aliphatic carbocycles. The predicted molar refractivity (Wildman–Crippen MR) is 71.1 cm³/mol. The van der Waals surface area contributed by atoms with Crippen LogP contribution >= 0.6 is 12.6 Å². The van der Waals surface area contributed by atoms with Gasteiger partial charge >= 0.3 is 0 Å². The monoisotopic (exact) mass is 235 g/mol. The minimum Gasteiger partial charge on any atom is -0.345 e. The van der Waals surface area contributed by atoms with E-state index in [4.69, 9.17) is 0 Å². The van der Waals surface area contributed by atoms with E-state index in [-0.39, 0.29) is 0 Å². The van der Waals surface area contributed by atoms with Crippen LogP contribution in [0.5, 0.6) is 0 Å². The average molecular weight is 235 g/mol. The van der Waals surface area contributed by atoms with Crippen LogP contribution in [-0.2, 0) is 6.42 Å². The number of H-pyrrole nitrogens is 1. The first-order valence-corrected chi connectivity index (χ1v) is 6.27. The first kappa shape index (κ1) is 11.5. The quantitative estimate of drug-likeness (QED) is 0.529. The highest BCUT2D eigenvalue weighted by atomic mass is 32.1. The average Bonchev–Trinajstić information content (AvgIpc) is 2.76. The van der Waals surface area contributed by atoms with Gasteiger partial charge in [0.15, 0.2) is 0 Å². The van der Waals surface area contributed by atoms with Gasteiger partial charge in [-0.25, -0.2) is 4.98 Å². The van der Waals surface area contributed by atoms with Crippen molar-refractivity contribution in [2.75, 3.05) is 18.8 Å². The lowest BCUT2D eigenvalue weighted by atomic mass is 10.1. The fourth-order valence-corrected chi connectivity index (χ4v) is 1.86. The number of nitrogens with zero attached hydrogens (tertiary/aromatic N) is 1. The Morgan fingerprint density at radius 1 is 1.31 bits per heavy atom. The first-order chi connectivity index (χ1) is 7.90. The molecule has 0 amide bonds. The molecule has 0 saturated carbocycles. The van der Waals surface area contributed by atoms with Crippen LogP contribution in [0, 0.1) is 0 Å². The topological polar surface area (TPSA) is 40.7 Å². The van der Waals surface area contributed by atoms with E-state index in [2.05, 4.69) is 46.1 Å². The summed E-state index contributed by atoms with van der Waals surface area (Å²) in [5.41, 5.74) is 3.50. The van der Waals surface area contributed by atoms with Crippen molar-refractivity contribution in [1.82, 2.24) is 15.3 Å². The third-order valence-corrected chi connectivity index (χ3v) is 2.90. The maximum Gasteiger partial charge on any atom is 0.0931 e. The molecule has 3 nitrogen and oxygen atoms in total. The normalized spacial score (nSPS) is 11.1. The van der Waals surface area contributed by atoms with Crippen molar-refractivity contribution in [1.29, 1.82) is 0 Å². The number of hydrogen-bond donors (Lipinski definition) is 3. The molecule has 16 heavy (non-hydrogen) atoms. The Morgan fingerprint density at radius 3 is 3.12 bits per heavy atom. The molecule has 0 radical (unpaired) electrons. The molecule has 0 unspecified atom stereocenters. The lowest BCUT2D eigenvalue weighted by molar-refractivity contribution is 0.675. The van der Waals surface area contributed by atoms with Gasteiger partial charge in [-0.1, -0.05) is 6.07 Å². The highest BCUT2D eigenvalue weighted by molar-refractivity contribution is 7.80. The number of aromatic nitrogens is 2. The molecule has 0 aliphatic heterocycles. The maximum absolute atomic E-state index is 4.20. The Morgan fingerprint density at radius 2 is 2.25 bits per heavy atom. The van der Waals surface area contributed by atoms with Crippen LogP contribution in [0.3, 0.4) is 0 Å². The summed E-state index contributed by atoms with van der Waals surface area (Å²) in [7, 11) is 0. The number of rotatable bonds is 6. The Hall–Kier alpha value is -1.00. The summed E-state index contributed by atoms with van der Waals surface area (Å²) in [5, 5.41) is 3.40. The van der Waals surface area contributed by atoms with Crippen LogP contribution in [0.4, 0.5) is 0 Å². The van der Waals surface area contributed by atoms with E-state index in [1.165, 1.54) is 5.56 Å². The van der Waals surface area contributed by atoms with E-state index >= 15 is 0 Å². The Balaban J connectivity index is 1.84. The summed E-state index contributed by atoms with van der Waals surface area (Å²) < 4.78 is 0. The molecule has 1 heterocycles. The molecule has 1 aromatic heterocycles. The number of benzene rings is 1. The summed E-state index contributed by atoms with van der Waals surface area (Å²) in [6, 6.07) is 6.38. The number of thiol groups is 1. The standard InChI is InChI=1S/C12H17N3S/c16-7-1-5-13-6-4-10-2-3-11-12(8-10)15-9-14-11/h2-3,8-9,13,16H,1,4-7H2,(H,14,15). The number of aromatic amines is 1. The molecule has 1 aromatic carbocycles. The molecule has 0 saturated heterocycles. The highest BCUT2D eigenvalue weighted by Gasteiger charge is 1.98. The van der Waals surface area contributed by atoms with Crippen molar-refractivity contribution in [2.24, 2.45) is 0 Å². The molecular formula is C12H17N3S. The smallest absolute Gasteiger partial charge is 0.0931 e. The Kier molecular flexibility index (Phi) is 4.25. The van der Waals surface area contributed by atoms with Gasteiger partial charge in [0.1, 0.15) is 0 Å². The number of nitrogens with one attached hydrogen (secondary N) is 2. The van der Waals surface area contributed by atoms with Crippen LogP contribution in [-0.4, -0.2) is 28.8 Å². The van der Waals surface area contributed by atoms with Crippen molar-refractivity contribution in [3.05, 3.63) is 30.1 Å². The summed E-state index contributed by atoms with van der Waals surface area (Å²) in [4.78, 5) is 7.33. The molecule has 86 valence electrons. The van der Waals surface area contributed by atoms with Crippen molar-refractivity contribution >= 4 is 23.7 Å². The van der Waals surface area contributed by atoms with E-state index < -0.39 is 0 Å². The summed E-state index contributed by atoms with van der Waals surface area (Å²) in [5.74, 6) is 0.951. The van der Waals surface area contributed by atoms with E-state index in [9.17, 15) is 0 Å². The van der Waals surface area contributed by atoms with Gasteiger partial charge in [-0.3, -0.25) is 0 Å². The molecule has 2 N–H and O–H groups in total. The molecule has 0 atom stereocenters. The lowest BCUT2D eigenvalue weighted by Gasteiger charge is -2.03. The number of fused-ring (bicyclic) bond motifs is 1. The maximum atomic E-state index is 4.20. The van der Waals surface area contributed by atoms with E-state index in [0.29, 0.717) is 0 Å². The molecule has 0 spiro atoms. The van der Waals surface area contributed by atoms with Gasteiger partial charge in [-0.05, 0) is 49.4 Å². The van der Waals surface area contributed by atoms with E-state index in [1.54, 1.807) is 6.33 Å². The summed E-state index contributed by atoms with van der Waals surface area (Å²) in [6.07, 6.45) is 3.92. The third kappa shape index (κ3) is 3.00. The van der Waals surface area contributed by atoms with Gasteiger partial charge in [0, 0.05) is 0 Å². The second-order valence-electron chi connectivity index (χ2n) is 3.83.